The summed E-state index contributed by atoms with van der Waals surface area (Å²) in [4.78, 5) is 6.82. The summed E-state index contributed by atoms with van der Waals surface area (Å²) in [7, 11) is 0. The number of anilines is 1. The molecular formula is C16H18N2O3. The third-order valence-corrected chi connectivity index (χ3v) is 4.40. The van der Waals surface area contributed by atoms with Crippen molar-refractivity contribution < 1.29 is 14.6 Å². The number of aliphatic hydroxyl groups is 1. The van der Waals surface area contributed by atoms with Gasteiger partial charge in [0.2, 0.25) is 6.79 Å². The molecule has 2 atom stereocenters. The molecule has 0 spiro atoms. The number of aliphatic hydroxyl groups excluding tert-OH is 1. The Morgan fingerprint density at radius 1 is 1.29 bits per heavy atom. The maximum absolute atomic E-state index is 9.90. The van der Waals surface area contributed by atoms with Gasteiger partial charge in [-0.05, 0) is 35.9 Å². The average molecular weight is 286 g/mol. The second kappa shape index (κ2) is 4.77. The summed E-state index contributed by atoms with van der Waals surface area (Å²) in [6.45, 7) is 4.01. The van der Waals surface area contributed by atoms with Gasteiger partial charge in [0, 0.05) is 24.7 Å². The molecule has 2 unspecified atom stereocenters. The average Bonchev–Trinajstić information content (AvgIpc) is 2.94. The van der Waals surface area contributed by atoms with Crippen LogP contribution in [0.15, 0.2) is 24.4 Å². The highest BCUT2D eigenvalue weighted by Gasteiger charge is 2.26. The van der Waals surface area contributed by atoms with E-state index < -0.39 is 0 Å². The molecular weight excluding hydrogens is 268 g/mol. The summed E-state index contributed by atoms with van der Waals surface area (Å²) >= 11 is 0. The van der Waals surface area contributed by atoms with E-state index in [1.807, 2.05) is 24.4 Å². The number of piperidine rings is 1. The summed E-state index contributed by atoms with van der Waals surface area (Å²) in [5, 5.41) is 12.1. The molecule has 4 rings (SSSR count). The highest BCUT2D eigenvalue weighted by atomic mass is 16.7. The normalized spacial score (nSPS) is 24.6. The maximum Gasteiger partial charge on any atom is 0.231 e. The molecule has 21 heavy (non-hydrogen) atoms. The molecule has 5 heteroatoms. The van der Waals surface area contributed by atoms with Crippen molar-refractivity contribution in [3.63, 3.8) is 0 Å². The van der Waals surface area contributed by atoms with Gasteiger partial charge in [-0.2, -0.15) is 0 Å². The van der Waals surface area contributed by atoms with E-state index in [1.165, 1.54) is 0 Å². The van der Waals surface area contributed by atoms with Crippen molar-refractivity contribution in [2.24, 2.45) is 5.92 Å². The number of pyridine rings is 1. The fourth-order valence-electron chi connectivity index (χ4n) is 3.12. The van der Waals surface area contributed by atoms with Crippen molar-refractivity contribution in [3.05, 3.63) is 24.4 Å². The predicted octanol–water partition coefficient (Wildman–Crippen LogP) is 2.17. The molecule has 2 aliphatic heterocycles. The van der Waals surface area contributed by atoms with Crippen molar-refractivity contribution in [1.29, 1.82) is 0 Å². The van der Waals surface area contributed by atoms with Crippen LogP contribution in [0.1, 0.15) is 13.3 Å². The third-order valence-electron chi connectivity index (χ3n) is 4.40. The van der Waals surface area contributed by atoms with E-state index in [-0.39, 0.29) is 18.8 Å². The first-order valence-corrected chi connectivity index (χ1v) is 7.34. The van der Waals surface area contributed by atoms with Crippen LogP contribution in [0, 0.1) is 5.92 Å². The van der Waals surface area contributed by atoms with Gasteiger partial charge in [0.05, 0.1) is 6.10 Å². The number of benzene rings is 1. The van der Waals surface area contributed by atoms with Crippen LogP contribution in [0.5, 0.6) is 11.5 Å². The van der Waals surface area contributed by atoms with E-state index in [9.17, 15) is 5.11 Å². The Morgan fingerprint density at radius 3 is 2.90 bits per heavy atom. The first-order chi connectivity index (χ1) is 10.2. The molecule has 1 N–H and O–H groups in total. The molecule has 3 heterocycles. The fourth-order valence-corrected chi connectivity index (χ4v) is 3.12. The van der Waals surface area contributed by atoms with E-state index in [4.69, 9.17) is 9.47 Å². The third kappa shape index (κ3) is 2.08. The zero-order valence-electron chi connectivity index (χ0n) is 12.0. The van der Waals surface area contributed by atoms with Gasteiger partial charge in [0.15, 0.2) is 11.5 Å². The Morgan fingerprint density at radius 2 is 2.10 bits per heavy atom. The van der Waals surface area contributed by atoms with Gasteiger partial charge in [0.1, 0.15) is 5.82 Å². The van der Waals surface area contributed by atoms with Crippen LogP contribution in [0.3, 0.4) is 0 Å². The van der Waals surface area contributed by atoms with Gasteiger partial charge in [-0.3, -0.25) is 0 Å². The Kier molecular flexibility index (Phi) is 2.89. The molecule has 0 amide bonds. The lowest BCUT2D eigenvalue weighted by Gasteiger charge is -2.35. The van der Waals surface area contributed by atoms with Crippen LogP contribution >= 0.6 is 0 Å². The Labute approximate surface area is 123 Å². The molecule has 1 saturated heterocycles. The molecule has 2 aliphatic rings. The van der Waals surface area contributed by atoms with Crippen molar-refractivity contribution in [3.8, 4) is 11.5 Å². The summed E-state index contributed by atoms with van der Waals surface area (Å²) in [5.41, 5.74) is 0. The molecule has 110 valence electrons. The summed E-state index contributed by atoms with van der Waals surface area (Å²) in [5.74, 6) is 2.79. The molecule has 0 radical (unpaired) electrons. The molecule has 0 aliphatic carbocycles. The zero-order valence-corrected chi connectivity index (χ0v) is 12.0. The number of hydrogen-bond donors (Lipinski definition) is 1. The smallest absolute Gasteiger partial charge is 0.231 e. The number of hydrogen-bond acceptors (Lipinski definition) is 5. The molecule has 1 fully saturated rings. The number of aromatic nitrogens is 1. The van der Waals surface area contributed by atoms with Crippen LogP contribution in [-0.4, -0.2) is 36.1 Å². The van der Waals surface area contributed by atoms with Crippen LogP contribution < -0.4 is 14.4 Å². The SMILES string of the molecule is CC1CN(c2nccc3cc4c(cc23)OCO4)CCC1O. The van der Waals surface area contributed by atoms with Crippen molar-refractivity contribution in [2.75, 3.05) is 24.8 Å². The Balaban J connectivity index is 1.78. The van der Waals surface area contributed by atoms with E-state index >= 15 is 0 Å². The number of rotatable bonds is 1. The summed E-state index contributed by atoms with van der Waals surface area (Å²) in [6, 6.07) is 6.00. The van der Waals surface area contributed by atoms with E-state index in [2.05, 4.69) is 16.8 Å². The zero-order chi connectivity index (χ0) is 14.4. The number of ether oxygens (including phenoxy) is 2. The minimum atomic E-state index is -0.211. The molecule has 0 bridgehead atoms. The van der Waals surface area contributed by atoms with Gasteiger partial charge in [-0.25, -0.2) is 4.98 Å². The van der Waals surface area contributed by atoms with Crippen LogP contribution in [-0.2, 0) is 0 Å². The van der Waals surface area contributed by atoms with Gasteiger partial charge in [0.25, 0.3) is 0 Å². The van der Waals surface area contributed by atoms with Gasteiger partial charge < -0.3 is 19.5 Å². The predicted molar refractivity (Wildman–Crippen MR) is 79.9 cm³/mol. The topological polar surface area (TPSA) is 54.8 Å². The molecule has 1 aromatic carbocycles. The van der Waals surface area contributed by atoms with Crippen LogP contribution in [0.4, 0.5) is 5.82 Å². The first kappa shape index (κ1) is 12.7. The maximum atomic E-state index is 9.90. The highest BCUT2D eigenvalue weighted by molar-refractivity contribution is 5.94. The minimum absolute atomic E-state index is 0.211. The lowest BCUT2D eigenvalue weighted by atomic mass is 9.96. The van der Waals surface area contributed by atoms with Gasteiger partial charge >= 0.3 is 0 Å². The lowest BCUT2D eigenvalue weighted by Crippen LogP contribution is -2.42. The van der Waals surface area contributed by atoms with E-state index in [0.717, 1.165) is 47.6 Å². The first-order valence-electron chi connectivity index (χ1n) is 7.34. The van der Waals surface area contributed by atoms with E-state index in [1.54, 1.807) is 0 Å². The lowest BCUT2D eigenvalue weighted by molar-refractivity contribution is 0.0969. The summed E-state index contributed by atoms with van der Waals surface area (Å²) < 4.78 is 10.9. The minimum Gasteiger partial charge on any atom is -0.454 e. The molecule has 0 saturated carbocycles. The second-order valence-corrected chi connectivity index (χ2v) is 5.84. The van der Waals surface area contributed by atoms with Crippen molar-refractivity contribution >= 4 is 16.6 Å². The van der Waals surface area contributed by atoms with Crippen molar-refractivity contribution in [1.82, 2.24) is 4.98 Å². The monoisotopic (exact) mass is 286 g/mol. The largest absolute Gasteiger partial charge is 0.454 e. The standard InChI is InChI=1S/C16H18N2O3/c1-10-8-18(5-3-13(10)19)16-12-7-15-14(20-9-21-15)6-11(12)2-4-17-16/h2,4,6-7,10,13,19H,3,5,8-9H2,1H3. The van der Waals surface area contributed by atoms with Crippen molar-refractivity contribution in [2.45, 2.75) is 19.4 Å². The second-order valence-electron chi connectivity index (χ2n) is 5.84. The van der Waals surface area contributed by atoms with Gasteiger partial charge in [-0.15, -0.1) is 0 Å². The van der Waals surface area contributed by atoms with E-state index in [0.29, 0.717) is 0 Å². The summed E-state index contributed by atoms with van der Waals surface area (Å²) in [6.07, 6.45) is 2.40. The van der Waals surface area contributed by atoms with Crippen LogP contribution in [0.25, 0.3) is 10.8 Å². The molecule has 2 aromatic rings. The molecule has 5 nitrogen and oxygen atoms in total. The van der Waals surface area contributed by atoms with Gasteiger partial charge in [-0.1, -0.05) is 6.92 Å². The Bertz CT molecular complexity index is 689. The Hall–Kier alpha value is -2.01. The number of nitrogens with zero attached hydrogens (tertiary/aromatic N) is 2. The fraction of sp³-hybridized carbons (Fsp3) is 0.438. The molecule has 1 aromatic heterocycles. The number of fused-ring (bicyclic) bond motifs is 2. The van der Waals surface area contributed by atoms with Crippen LogP contribution in [0.2, 0.25) is 0 Å². The quantitative estimate of drug-likeness (QED) is 0.870. The highest BCUT2D eigenvalue weighted by Crippen LogP contribution is 2.39.